The third kappa shape index (κ3) is 12.4. The van der Waals surface area contributed by atoms with Gasteiger partial charge in [0.25, 0.3) is 0 Å². The Labute approximate surface area is 207 Å². The number of unbranched alkanes of at least 4 members (excludes halogenated alkanes) is 10. The van der Waals surface area contributed by atoms with Crippen molar-refractivity contribution >= 4 is 0 Å². The van der Waals surface area contributed by atoms with Crippen LogP contribution in [-0.4, -0.2) is 13.2 Å². The molecule has 0 aliphatic heterocycles. The van der Waals surface area contributed by atoms with Crippen LogP contribution in [0.1, 0.15) is 102 Å². The maximum atomic E-state index is 13.1. The Balaban J connectivity index is 1.84. The second kappa shape index (κ2) is 18.3. The van der Waals surface area contributed by atoms with E-state index in [1.165, 1.54) is 76.3 Å². The molecule has 4 heteroatoms. The Morgan fingerprint density at radius 1 is 0.647 bits per heavy atom. The van der Waals surface area contributed by atoms with Crippen molar-refractivity contribution in [1.82, 2.24) is 5.32 Å². The lowest BCUT2D eigenvalue weighted by Crippen LogP contribution is -2.14. The van der Waals surface area contributed by atoms with Gasteiger partial charge in [0.1, 0.15) is 17.3 Å². The molecule has 2 rings (SSSR count). The molecule has 0 fully saturated rings. The van der Waals surface area contributed by atoms with Gasteiger partial charge >= 0.3 is 0 Å². The van der Waals surface area contributed by atoms with Gasteiger partial charge in [-0.15, -0.1) is 0 Å². The number of nitrogens with one attached hydrogen (secondary N) is 1. The smallest absolute Gasteiger partial charge is 0.127 e. The van der Waals surface area contributed by atoms with Crippen LogP contribution in [0.2, 0.25) is 0 Å². The summed E-state index contributed by atoms with van der Waals surface area (Å²) in [4.78, 5) is 0. The van der Waals surface area contributed by atoms with Crippen molar-refractivity contribution < 1.29 is 13.9 Å². The molecule has 190 valence electrons. The maximum absolute atomic E-state index is 13.1. The SMILES string of the molecule is CCCCCCCCOc1ccc(CNCc2ccc(F)cc2)c(OCCCCCCCC)c1. The lowest BCUT2D eigenvalue weighted by molar-refractivity contribution is 0.287. The predicted octanol–water partition coefficient (Wildman–Crippen LogP) is 8.59. The molecule has 34 heavy (non-hydrogen) atoms. The van der Waals surface area contributed by atoms with Gasteiger partial charge < -0.3 is 14.8 Å². The highest BCUT2D eigenvalue weighted by Crippen LogP contribution is 2.26. The van der Waals surface area contributed by atoms with Crippen LogP contribution >= 0.6 is 0 Å². The fourth-order valence-corrected chi connectivity index (χ4v) is 3.99. The van der Waals surface area contributed by atoms with Crippen LogP contribution in [0.4, 0.5) is 4.39 Å². The van der Waals surface area contributed by atoms with E-state index in [1.54, 1.807) is 0 Å². The van der Waals surface area contributed by atoms with Crippen molar-refractivity contribution in [3.05, 3.63) is 59.4 Å². The molecule has 0 unspecified atom stereocenters. The van der Waals surface area contributed by atoms with E-state index in [2.05, 4.69) is 25.2 Å². The second-order valence-corrected chi connectivity index (χ2v) is 9.23. The van der Waals surface area contributed by atoms with E-state index in [4.69, 9.17) is 9.47 Å². The summed E-state index contributed by atoms with van der Waals surface area (Å²) < 4.78 is 25.4. The molecule has 0 heterocycles. The summed E-state index contributed by atoms with van der Waals surface area (Å²) in [5.41, 5.74) is 2.19. The van der Waals surface area contributed by atoms with Crippen molar-refractivity contribution in [2.24, 2.45) is 0 Å². The largest absolute Gasteiger partial charge is 0.493 e. The van der Waals surface area contributed by atoms with Gasteiger partial charge in [-0.05, 0) is 36.6 Å². The molecule has 0 aliphatic carbocycles. The van der Waals surface area contributed by atoms with Crippen LogP contribution < -0.4 is 14.8 Å². The first kappa shape index (κ1) is 28.2. The van der Waals surface area contributed by atoms with E-state index < -0.39 is 0 Å². The summed E-state index contributed by atoms with van der Waals surface area (Å²) in [6.07, 6.45) is 15.0. The highest BCUT2D eigenvalue weighted by atomic mass is 19.1. The van der Waals surface area contributed by atoms with Crippen LogP contribution in [-0.2, 0) is 13.1 Å². The predicted molar refractivity (Wildman–Crippen MR) is 141 cm³/mol. The fourth-order valence-electron chi connectivity index (χ4n) is 3.99. The van der Waals surface area contributed by atoms with Crippen LogP contribution in [0.3, 0.4) is 0 Å². The standard InChI is InChI=1S/C30H46FNO2/c1-3-5-7-9-11-13-21-33-29-20-17-27(25-32-24-26-15-18-28(31)19-16-26)30(23-29)34-22-14-12-10-8-6-4-2/h15-20,23,32H,3-14,21-22,24-25H2,1-2H3. The Kier molecular flexibility index (Phi) is 15.1. The molecule has 0 amide bonds. The summed E-state index contributed by atoms with van der Waals surface area (Å²) in [5.74, 6) is 1.58. The number of rotatable bonds is 20. The molecule has 0 bridgehead atoms. The molecular formula is C30H46FNO2. The zero-order valence-corrected chi connectivity index (χ0v) is 21.5. The number of halogens is 1. The van der Waals surface area contributed by atoms with Gasteiger partial charge in [0.15, 0.2) is 0 Å². The molecular weight excluding hydrogens is 425 g/mol. The summed E-state index contributed by atoms with van der Waals surface area (Å²) >= 11 is 0. The average Bonchev–Trinajstić information content (AvgIpc) is 2.85. The first-order valence-electron chi connectivity index (χ1n) is 13.6. The summed E-state index contributed by atoms with van der Waals surface area (Å²) in [6, 6.07) is 12.8. The van der Waals surface area contributed by atoms with Crippen molar-refractivity contribution in [1.29, 1.82) is 0 Å². The molecule has 0 radical (unpaired) electrons. The molecule has 0 aliphatic rings. The van der Waals surface area contributed by atoms with Gasteiger partial charge in [0, 0.05) is 24.7 Å². The molecule has 0 spiro atoms. The topological polar surface area (TPSA) is 30.5 Å². The van der Waals surface area contributed by atoms with E-state index in [0.29, 0.717) is 13.1 Å². The number of benzene rings is 2. The molecule has 2 aromatic carbocycles. The van der Waals surface area contributed by atoms with Crippen molar-refractivity contribution in [2.75, 3.05) is 13.2 Å². The highest BCUT2D eigenvalue weighted by molar-refractivity contribution is 5.40. The normalized spacial score (nSPS) is 11.0. The third-order valence-electron chi connectivity index (χ3n) is 6.12. The third-order valence-corrected chi connectivity index (χ3v) is 6.12. The van der Waals surface area contributed by atoms with E-state index in [1.807, 2.05) is 24.3 Å². The van der Waals surface area contributed by atoms with Gasteiger partial charge in [-0.25, -0.2) is 4.39 Å². The maximum Gasteiger partial charge on any atom is 0.127 e. The zero-order valence-electron chi connectivity index (χ0n) is 21.5. The lowest BCUT2D eigenvalue weighted by atomic mass is 10.1. The Morgan fingerprint density at radius 3 is 1.88 bits per heavy atom. The summed E-state index contributed by atoms with van der Waals surface area (Å²) in [6.45, 7) is 7.37. The lowest BCUT2D eigenvalue weighted by Gasteiger charge is -2.15. The van der Waals surface area contributed by atoms with Crippen LogP contribution in [0, 0.1) is 5.82 Å². The first-order chi connectivity index (χ1) is 16.7. The minimum Gasteiger partial charge on any atom is -0.493 e. The molecule has 1 N–H and O–H groups in total. The van der Waals surface area contributed by atoms with Crippen LogP contribution in [0.5, 0.6) is 11.5 Å². The monoisotopic (exact) mass is 471 g/mol. The van der Waals surface area contributed by atoms with Gasteiger partial charge in [-0.2, -0.15) is 0 Å². The van der Waals surface area contributed by atoms with Crippen LogP contribution in [0.15, 0.2) is 42.5 Å². The zero-order chi connectivity index (χ0) is 24.3. The molecule has 0 atom stereocenters. The molecule has 0 aromatic heterocycles. The van der Waals surface area contributed by atoms with Gasteiger partial charge in [-0.3, -0.25) is 0 Å². The molecule has 0 saturated carbocycles. The van der Waals surface area contributed by atoms with Gasteiger partial charge in [0.2, 0.25) is 0 Å². The van der Waals surface area contributed by atoms with E-state index in [9.17, 15) is 4.39 Å². The van der Waals surface area contributed by atoms with Crippen molar-refractivity contribution in [3.63, 3.8) is 0 Å². The number of hydrogen-bond donors (Lipinski definition) is 1. The Bertz CT molecular complexity index is 763. The van der Waals surface area contributed by atoms with Crippen molar-refractivity contribution in [2.45, 2.75) is 104 Å². The average molecular weight is 472 g/mol. The van der Waals surface area contributed by atoms with E-state index >= 15 is 0 Å². The Morgan fingerprint density at radius 2 is 1.24 bits per heavy atom. The van der Waals surface area contributed by atoms with Crippen molar-refractivity contribution in [3.8, 4) is 11.5 Å². The van der Waals surface area contributed by atoms with Gasteiger partial charge in [0.05, 0.1) is 13.2 Å². The quantitative estimate of drug-likeness (QED) is 0.196. The molecule has 3 nitrogen and oxygen atoms in total. The molecule has 2 aromatic rings. The first-order valence-corrected chi connectivity index (χ1v) is 13.6. The van der Waals surface area contributed by atoms with E-state index in [-0.39, 0.29) is 5.82 Å². The molecule has 0 saturated heterocycles. The highest BCUT2D eigenvalue weighted by Gasteiger charge is 2.07. The van der Waals surface area contributed by atoms with E-state index in [0.717, 1.165) is 48.7 Å². The summed E-state index contributed by atoms with van der Waals surface area (Å²) in [7, 11) is 0. The summed E-state index contributed by atoms with van der Waals surface area (Å²) in [5, 5.41) is 3.46. The minimum absolute atomic E-state index is 0.203. The van der Waals surface area contributed by atoms with Crippen LogP contribution in [0.25, 0.3) is 0 Å². The minimum atomic E-state index is -0.203. The fraction of sp³-hybridized carbons (Fsp3) is 0.600. The number of hydrogen-bond acceptors (Lipinski definition) is 3. The number of ether oxygens (including phenoxy) is 2. The second-order valence-electron chi connectivity index (χ2n) is 9.23. The van der Waals surface area contributed by atoms with Gasteiger partial charge in [-0.1, -0.05) is 96.3 Å². The Hall–Kier alpha value is -2.07.